The maximum absolute atomic E-state index is 9.44. The molecule has 0 saturated carbocycles. The number of nitrogens with zero attached hydrogens (tertiary/aromatic N) is 2. The van der Waals surface area contributed by atoms with E-state index in [-0.39, 0.29) is 6.10 Å². The Morgan fingerprint density at radius 1 is 1.27 bits per heavy atom. The smallest absolute Gasteiger partial charge is 0.292 e. The zero-order valence-electron chi connectivity index (χ0n) is 19.6. The number of aryl methyl sites for hydroxylation is 1. The van der Waals surface area contributed by atoms with Crippen molar-refractivity contribution in [1.29, 1.82) is 5.26 Å². The second-order valence-corrected chi connectivity index (χ2v) is 8.59. The molecule has 0 radical (unpaired) electrons. The van der Waals surface area contributed by atoms with Crippen LogP contribution in [0.15, 0.2) is 42.6 Å². The molecule has 3 aromatic rings. The first-order chi connectivity index (χ1) is 16.0. The molecule has 6 nitrogen and oxygen atoms in total. The zero-order valence-corrected chi connectivity index (χ0v) is 20.4. The number of ether oxygens (including phenoxy) is 2. The number of carbonyl (C=O) groups excluding carboxylic acids is 1. The quantitative estimate of drug-likeness (QED) is 0.508. The van der Waals surface area contributed by atoms with Crippen LogP contribution in [0.2, 0.25) is 0 Å². The third-order valence-corrected chi connectivity index (χ3v) is 5.80. The molecule has 33 heavy (non-hydrogen) atoms. The first-order valence-corrected chi connectivity index (χ1v) is 11.7. The van der Waals surface area contributed by atoms with Crippen LogP contribution in [0.4, 0.5) is 0 Å². The minimum absolute atomic E-state index is 0.0413. The largest absolute Gasteiger partial charge is 0.490 e. The molecule has 0 unspecified atom stereocenters. The second kappa shape index (κ2) is 13.4. The van der Waals surface area contributed by atoms with Crippen LogP contribution in [0.25, 0.3) is 21.0 Å². The number of nitrogens with two attached hydrogens (primary N) is 1. The number of methoxy groups -OCH3 is 1. The van der Waals surface area contributed by atoms with Crippen molar-refractivity contribution < 1.29 is 14.3 Å². The van der Waals surface area contributed by atoms with Crippen molar-refractivity contribution in [3.8, 4) is 32.8 Å². The number of hydrogen-bond acceptors (Lipinski definition) is 7. The number of fused-ring (bicyclic) bond motifs is 1. The minimum Gasteiger partial charge on any atom is -0.490 e. The lowest BCUT2D eigenvalue weighted by Gasteiger charge is -2.11. The summed E-state index contributed by atoms with van der Waals surface area (Å²) in [5.74, 6) is 0.629. The average Bonchev–Trinajstić information content (AvgIpc) is 3.49. The number of hydrogen-bond donors (Lipinski definition) is 1. The highest BCUT2D eigenvalue weighted by atomic mass is 32.1. The van der Waals surface area contributed by atoms with Gasteiger partial charge in [-0.3, -0.25) is 4.79 Å². The number of carbonyl (C=O) groups is 1. The molecule has 174 valence electrons. The van der Waals surface area contributed by atoms with Crippen LogP contribution >= 0.6 is 11.3 Å². The van der Waals surface area contributed by atoms with Gasteiger partial charge >= 0.3 is 0 Å². The zero-order chi connectivity index (χ0) is 24.2. The summed E-state index contributed by atoms with van der Waals surface area (Å²) < 4.78 is 9.57. The molecule has 4 rings (SSSR count). The fraction of sp³-hybridized carbons (Fsp3) is 0.346. The molecule has 0 atom stereocenters. The molecule has 1 aromatic heterocycles. The lowest BCUT2D eigenvalue weighted by atomic mass is 10.0. The van der Waals surface area contributed by atoms with Crippen LogP contribution in [-0.2, 0) is 22.4 Å². The molecule has 0 spiro atoms. The van der Waals surface area contributed by atoms with Crippen molar-refractivity contribution in [2.24, 2.45) is 5.73 Å². The predicted octanol–water partition coefficient (Wildman–Crippen LogP) is 5.38. The molecule has 0 bridgehead atoms. The Labute approximate surface area is 200 Å². The molecule has 0 saturated heterocycles. The summed E-state index contributed by atoms with van der Waals surface area (Å²) in [6.07, 6.45) is 5.56. The normalized spacial score (nSPS) is 11.3. The highest BCUT2D eigenvalue weighted by Gasteiger charge is 2.17. The van der Waals surface area contributed by atoms with E-state index in [9.17, 15) is 5.26 Å². The third-order valence-electron chi connectivity index (χ3n) is 4.72. The molecule has 7 heteroatoms. The Hall–Kier alpha value is -3.21. The van der Waals surface area contributed by atoms with Gasteiger partial charge in [-0.25, -0.2) is 4.98 Å². The van der Waals surface area contributed by atoms with E-state index in [1.165, 1.54) is 41.5 Å². The monoisotopic (exact) mass is 465 g/mol. The highest BCUT2D eigenvalue weighted by Crippen LogP contribution is 2.38. The van der Waals surface area contributed by atoms with E-state index in [1.807, 2.05) is 45.2 Å². The third kappa shape index (κ3) is 7.14. The SMILES string of the molecule is CC(C)Oc1ccc(-c2ncc(-c3cccc4c3CCC4)s2)cc1C#N.CCN.COC=O. The van der Waals surface area contributed by atoms with Gasteiger partial charge < -0.3 is 15.2 Å². The van der Waals surface area contributed by atoms with Crippen LogP contribution in [0.5, 0.6) is 5.75 Å². The van der Waals surface area contributed by atoms with Crippen LogP contribution in [-0.4, -0.2) is 31.2 Å². The summed E-state index contributed by atoms with van der Waals surface area (Å²) in [5, 5.41) is 10.4. The maximum Gasteiger partial charge on any atom is 0.292 e. The summed E-state index contributed by atoms with van der Waals surface area (Å²) in [6, 6.07) is 14.5. The van der Waals surface area contributed by atoms with Crippen molar-refractivity contribution >= 4 is 17.8 Å². The molecule has 2 N–H and O–H groups in total. The van der Waals surface area contributed by atoms with Gasteiger partial charge in [-0.15, -0.1) is 11.3 Å². The van der Waals surface area contributed by atoms with Gasteiger partial charge in [0.15, 0.2) is 0 Å². The van der Waals surface area contributed by atoms with E-state index in [0.29, 0.717) is 17.8 Å². The number of thiazole rings is 1. The lowest BCUT2D eigenvalue weighted by Crippen LogP contribution is -2.06. The van der Waals surface area contributed by atoms with Crippen LogP contribution in [0.1, 0.15) is 43.9 Å². The summed E-state index contributed by atoms with van der Waals surface area (Å²) in [4.78, 5) is 14.8. The summed E-state index contributed by atoms with van der Waals surface area (Å²) >= 11 is 1.68. The van der Waals surface area contributed by atoms with Gasteiger partial charge in [0, 0.05) is 11.8 Å². The van der Waals surface area contributed by atoms with Gasteiger partial charge in [-0.05, 0) is 74.5 Å². The first kappa shape index (κ1) is 26.0. The standard InChI is InChI=1S/C22H20N2OS.C2H7N.C2H4O2/c1-14(2)25-20-10-9-16(11-17(20)12-23)22-24-13-21(26-22)19-8-4-6-15-5-3-7-18(15)19;1-2-3;1-4-2-3/h4,6,8-11,13-14H,3,5,7H2,1-2H3;2-3H2,1H3;2H,1H3. The number of benzene rings is 2. The average molecular weight is 466 g/mol. The number of aromatic nitrogens is 1. The summed E-state index contributed by atoms with van der Waals surface area (Å²) in [6.45, 7) is 6.95. The topological polar surface area (TPSA) is 98.2 Å². The van der Waals surface area contributed by atoms with Crippen molar-refractivity contribution in [3.63, 3.8) is 0 Å². The van der Waals surface area contributed by atoms with Crippen molar-refractivity contribution in [1.82, 2.24) is 4.98 Å². The van der Waals surface area contributed by atoms with Gasteiger partial charge in [0.2, 0.25) is 0 Å². The molecule has 2 aromatic carbocycles. The molecule has 1 aliphatic rings. The van der Waals surface area contributed by atoms with Crippen LogP contribution in [0, 0.1) is 11.3 Å². The molecule has 0 amide bonds. The maximum atomic E-state index is 9.44. The van der Waals surface area contributed by atoms with Gasteiger partial charge in [-0.2, -0.15) is 5.26 Å². The number of nitriles is 1. The van der Waals surface area contributed by atoms with E-state index in [0.717, 1.165) is 23.5 Å². The van der Waals surface area contributed by atoms with Gasteiger partial charge in [0.05, 0.1) is 23.7 Å². The highest BCUT2D eigenvalue weighted by molar-refractivity contribution is 7.18. The van der Waals surface area contributed by atoms with E-state index >= 15 is 0 Å². The number of rotatable bonds is 5. The Balaban J connectivity index is 0.000000489. The summed E-state index contributed by atoms with van der Waals surface area (Å²) in [7, 11) is 1.31. The fourth-order valence-electron chi connectivity index (χ4n) is 3.49. The van der Waals surface area contributed by atoms with E-state index in [2.05, 4.69) is 34.0 Å². The Kier molecular flexibility index (Phi) is 10.5. The molecular weight excluding hydrogens is 434 g/mol. The van der Waals surface area contributed by atoms with E-state index in [1.54, 1.807) is 11.3 Å². The van der Waals surface area contributed by atoms with Gasteiger partial charge in [-0.1, -0.05) is 25.1 Å². The molecule has 0 aliphatic heterocycles. The van der Waals surface area contributed by atoms with E-state index in [4.69, 9.17) is 15.3 Å². The van der Waals surface area contributed by atoms with Crippen molar-refractivity contribution in [3.05, 3.63) is 59.3 Å². The predicted molar refractivity (Wildman–Crippen MR) is 133 cm³/mol. The van der Waals surface area contributed by atoms with Crippen LogP contribution in [0.3, 0.4) is 0 Å². The van der Waals surface area contributed by atoms with Crippen molar-refractivity contribution in [2.45, 2.75) is 46.1 Å². The first-order valence-electron chi connectivity index (χ1n) is 10.9. The van der Waals surface area contributed by atoms with E-state index < -0.39 is 0 Å². The minimum atomic E-state index is 0.0413. The van der Waals surface area contributed by atoms with Crippen LogP contribution < -0.4 is 10.5 Å². The molecule has 1 heterocycles. The molecule has 1 aliphatic carbocycles. The molecule has 0 fully saturated rings. The summed E-state index contributed by atoms with van der Waals surface area (Å²) in [5.41, 5.74) is 10.6. The van der Waals surface area contributed by atoms with Gasteiger partial charge in [0.25, 0.3) is 6.47 Å². The lowest BCUT2D eigenvalue weighted by molar-refractivity contribution is -0.126. The van der Waals surface area contributed by atoms with Gasteiger partial charge in [0.1, 0.15) is 16.8 Å². The Morgan fingerprint density at radius 2 is 2.00 bits per heavy atom. The Bertz CT molecular complexity index is 1090. The van der Waals surface area contributed by atoms with Crippen molar-refractivity contribution in [2.75, 3.05) is 13.7 Å². The fourth-order valence-corrected chi connectivity index (χ4v) is 4.45. The molecular formula is C26H31N3O3S. The second-order valence-electron chi connectivity index (χ2n) is 7.56. The Morgan fingerprint density at radius 3 is 2.64 bits per heavy atom.